The Kier molecular flexibility index (Phi) is 3.20. The number of nitrogens with zero attached hydrogens (tertiary/aromatic N) is 1. The maximum absolute atomic E-state index is 10.6. The highest BCUT2D eigenvalue weighted by Gasteiger charge is 2.23. The maximum atomic E-state index is 10.6. The van der Waals surface area contributed by atoms with Crippen molar-refractivity contribution in [3.05, 3.63) is 0 Å². The second-order valence-corrected chi connectivity index (χ2v) is 3.28. The van der Waals surface area contributed by atoms with E-state index in [0.717, 1.165) is 18.7 Å². The molecule has 0 spiro atoms. The molecule has 0 aromatic carbocycles. The van der Waals surface area contributed by atoms with E-state index in [2.05, 4.69) is 17.5 Å². The molecule has 3 nitrogen and oxygen atoms in total. The van der Waals surface area contributed by atoms with E-state index < -0.39 is 0 Å². The van der Waals surface area contributed by atoms with Gasteiger partial charge in [0.1, 0.15) is 0 Å². The third-order valence-corrected chi connectivity index (χ3v) is 2.49. The molecule has 1 atom stereocenters. The number of primary amides is 1. The van der Waals surface area contributed by atoms with Crippen LogP contribution in [-0.2, 0) is 4.79 Å². The number of thiol groups is 1. The van der Waals surface area contributed by atoms with Crippen LogP contribution in [0.3, 0.4) is 0 Å². The molecule has 4 heteroatoms. The van der Waals surface area contributed by atoms with Crippen LogP contribution in [0.4, 0.5) is 0 Å². The van der Waals surface area contributed by atoms with Crippen molar-refractivity contribution in [2.75, 3.05) is 18.8 Å². The van der Waals surface area contributed by atoms with Gasteiger partial charge >= 0.3 is 0 Å². The zero-order valence-corrected chi connectivity index (χ0v) is 7.39. The first kappa shape index (κ1) is 8.87. The van der Waals surface area contributed by atoms with Gasteiger partial charge in [0.2, 0.25) is 5.91 Å². The molecule has 1 heterocycles. The summed E-state index contributed by atoms with van der Waals surface area (Å²) in [6.07, 6.45) is 2.31. The first-order valence-electron chi connectivity index (χ1n) is 3.87. The number of carbonyl (C=O) groups is 1. The fourth-order valence-electron chi connectivity index (χ4n) is 1.51. The monoisotopic (exact) mass is 174 g/mol. The molecule has 1 amide bonds. The topological polar surface area (TPSA) is 46.3 Å². The Hall–Kier alpha value is -0.220. The lowest BCUT2D eigenvalue weighted by atomic mass is 10.2. The Bertz CT molecular complexity index is 151. The van der Waals surface area contributed by atoms with Crippen LogP contribution in [0.2, 0.25) is 0 Å². The normalized spacial score (nSPS) is 25.7. The Balaban J connectivity index is 2.37. The van der Waals surface area contributed by atoms with Crippen molar-refractivity contribution in [3.63, 3.8) is 0 Å². The van der Waals surface area contributed by atoms with Crippen LogP contribution < -0.4 is 5.73 Å². The van der Waals surface area contributed by atoms with Gasteiger partial charge in [-0.1, -0.05) is 0 Å². The van der Waals surface area contributed by atoms with Gasteiger partial charge in [-0.15, -0.1) is 0 Å². The van der Waals surface area contributed by atoms with E-state index in [1.165, 1.54) is 6.42 Å². The summed E-state index contributed by atoms with van der Waals surface area (Å²) < 4.78 is 0. The van der Waals surface area contributed by atoms with Gasteiger partial charge < -0.3 is 5.73 Å². The summed E-state index contributed by atoms with van der Waals surface area (Å²) in [5.74, 6) is 0.589. The summed E-state index contributed by atoms with van der Waals surface area (Å²) in [6, 6.07) is 0.464. The fraction of sp³-hybridized carbons (Fsp3) is 0.857. The zero-order chi connectivity index (χ0) is 8.27. The molecule has 11 heavy (non-hydrogen) atoms. The summed E-state index contributed by atoms with van der Waals surface area (Å²) in [5.41, 5.74) is 5.08. The average Bonchev–Trinajstić information content (AvgIpc) is 2.34. The van der Waals surface area contributed by atoms with Gasteiger partial charge in [0.15, 0.2) is 0 Å². The van der Waals surface area contributed by atoms with E-state index in [1.54, 1.807) is 0 Å². The van der Waals surface area contributed by atoms with E-state index in [9.17, 15) is 4.79 Å². The maximum Gasteiger partial charge on any atom is 0.231 e. The lowest BCUT2D eigenvalue weighted by Gasteiger charge is -2.20. The van der Waals surface area contributed by atoms with Crippen molar-refractivity contribution < 1.29 is 4.79 Å². The summed E-state index contributed by atoms with van der Waals surface area (Å²) in [7, 11) is 0. The molecule has 0 radical (unpaired) electrons. The number of carbonyl (C=O) groups excluding carboxylic acids is 1. The van der Waals surface area contributed by atoms with Crippen molar-refractivity contribution in [1.82, 2.24) is 4.90 Å². The highest BCUT2D eigenvalue weighted by atomic mass is 32.1. The molecule has 0 aromatic rings. The number of nitrogens with two attached hydrogens (primary N) is 1. The molecule has 64 valence electrons. The molecule has 0 aromatic heterocycles. The lowest BCUT2D eigenvalue weighted by molar-refractivity contribution is -0.119. The molecule has 0 bridgehead atoms. The third kappa shape index (κ3) is 2.38. The van der Waals surface area contributed by atoms with Crippen molar-refractivity contribution in [3.8, 4) is 0 Å². The summed E-state index contributed by atoms with van der Waals surface area (Å²) >= 11 is 4.20. The van der Waals surface area contributed by atoms with Crippen LogP contribution in [0.1, 0.15) is 12.8 Å². The number of hydrogen-bond donors (Lipinski definition) is 2. The second-order valence-electron chi connectivity index (χ2n) is 2.92. The first-order valence-corrected chi connectivity index (χ1v) is 4.50. The Morgan fingerprint density at radius 3 is 3.00 bits per heavy atom. The van der Waals surface area contributed by atoms with Crippen LogP contribution in [0.5, 0.6) is 0 Å². The first-order chi connectivity index (χ1) is 5.24. The van der Waals surface area contributed by atoms with E-state index in [0.29, 0.717) is 12.6 Å². The van der Waals surface area contributed by atoms with Crippen molar-refractivity contribution in [2.24, 2.45) is 5.73 Å². The number of rotatable bonds is 3. The largest absolute Gasteiger partial charge is 0.369 e. The average molecular weight is 174 g/mol. The van der Waals surface area contributed by atoms with E-state index in [4.69, 9.17) is 5.73 Å². The predicted octanol–water partition coefficient (Wildman–Crippen LogP) is -0.134. The lowest BCUT2D eigenvalue weighted by Crippen LogP contribution is -2.38. The second kappa shape index (κ2) is 3.97. The summed E-state index contributed by atoms with van der Waals surface area (Å²) in [4.78, 5) is 12.7. The molecule has 1 aliphatic heterocycles. The Morgan fingerprint density at radius 2 is 2.45 bits per heavy atom. The van der Waals surface area contributed by atoms with Crippen molar-refractivity contribution in [1.29, 1.82) is 0 Å². The molecule has 1 aliphatic rings. The zero-order valence-electron chi connectivity index (χ0n) is 6.49. The van der Waals surface area contributed by atoms with Gasteiger partial charge in [0, 0.05) is 11.8 Å². The van der Waals surface area contributed by atoms with Gasteiger partial charge in [-0.2, -0.15) is 12.6 Å². The van der Waals surface area contributed by atoms with E-state index >= 15 is 0 Å². The van der Waals surface area contributed by atoms with Crippen LogP contribution in [-0.4, -0.2) is 35.7 Å². The number of amides is 1. The highest BCUT2D eigenvalue weighted by molar-refractivity contribution is 7.80. The minimum atomic E-state index is -0.237. The number of hydrogen-bond acceptors (Lipinski definition) is 3. The van der Waals surface area contributed by atoms with Crippen molar-refractivity contribution in [2.45, 2.75) is 18.9 Å². The predicted molar refractivity (Wildman–Crippen MR) is 47.6 cm³/mol. The smallest absolute Gasteiger partial charge is 0.231 e. The minimum Gasteiger partial charge on any atom is -0.369 e. The third-order valence-electron chi connectivity index (χ3n) is 2.07. The fourth-order valence-corrected chi connectivity index (χ4v) is 1.92. The molecule has 0 aliphatic carbocycles. The summed E-state index contributed by atoms with van der Waals surface area (Å²) in [6.45, 7) is 1.39. The Labute approximate surface area is 72.3 Å². The van der Waals surface area contributed by atoms with Crippen LogP contribution >= 0.6 is 12.6 Å². The van der Waals surface area contributed by atoms with Gasteiger partial charge in [0.25, 0.3) is 0 Å². The van der Waals surface area contributed by atoms with Crippen LogP contribution in [0.25, 0.3) is 0 Å². The van der Waals surface area contributed by atoms with Crippen LogP contribution in [0, 0.1) is 0 Å². The van der Waals surface area contributed by atoms with Gasteiger partial charge in [-0.25, -0.2) is 0 Å². The molecule has 0 saturated carbocycles. The van der Waals surface area contributed by atoms with E-state index in [-0.39, 0.29) is 5.91 Å². The van der Waals surface area contributed by atoms with E-state index in [1.807, 2.05) is 0 Å². The van der Waals surface area contributed by atoms with Gasteiger partial charge in [-0.05, 0) is 19.4 Å². The quantitative estimate of drug-likeness (QED) is 0.585. The molecule has 2 N–H and O–H groups in total. The molecule has 1 rings (SSSR count). The Morgan fingerprint density at radius 1 is 1.73 bits per heavy atom. The summed E-state index contributed by atoms with van der Waals surface area (Å²) in [5, 5.41) is 0. The van der Waals surface area contributed by atoms with Crippen molar-refractivity contribution >= 4 is 18.5 Å². The van der Waals surface area contributed by atoms with Crippen LogP contribution in [0.15, 0.2) is 0 Å². The number of likely N-dealkylation sites (tertiary alicyclic amines) is 1. The molecule has 1 fully saturated rings. The molecule has 1 saturated heterocycles. The highest BCUT2D eigenvalue weighted by Crippen LogP contribution is 2.16. The SMILES string of the molecule is NC(=O)CN1CCC[C@H]1CS. The molecular formula is C7H14N2OS. The van der Waals surface area contributed by atoms with Gasteiger partial charge in [-0.3, -0.25) is 9.69 Å². The standard InChI is InChI=1S/C7H14N2OS/c8-7(10)4-9-3-1-2-6(9)5-11/h6,11H,1-5H2,(H2,8,10)/t6-/m0/s1. The minimum absolute atomic E-state index is 0.237. The van der Waals surface area contributed by atoms with Gasteiger partial charge in [0.05, 0.1) is 6.54 Å². The molecular weight excluding hydrogens is 160 g/mol. The molecule has 0 unspecified atom stereocenters.